The van der Waals surface area contributed by atoms with E-state index in [0.29, 0.717) is 23.3 Å². The minimum Gasteiger partial charge on any atom is -0.461 e. The van der Waals surface area contributed by atoms with Crippen LogP contribution in [0, 0.1) is 5.82 Å². The highest BCUT2D eigenvalue weighted by Crippen LogP contribution is 2.27. The Kier molecular flexibility index (Phi) is 5.18. The number of amides is 1. The monoisotopic (exact) mass is 360 g/mol. The molecule has 0 bridgehead atoms. The van der Waals surface area contributed by atoms with Gasteiger partial charge in [0.1, 0.15) is 5.82 Å². The highest BCUT2D eigenvalue weighted by atomic mass is 32.2. The number of halogens is 1. The van der Waals surface area contributed by atoms with Gasteiger partial charge in [0.25, 0.3) is 0 Å². The average molecular weight is 360 g/mol. The van der Waals surface area contributed by atoms with Gasteiger partial charge >= 0.3 is 0 Å². The molecule has 0 unspecified atom stereocenters. The van der Waals surface area contributed by atoms with Crippen LogP contribution in [0.15, 0.2) is 52.2 Å². The Balaban J connectivity index is 1.74. The summed E-state index contributed by atoms with van der Waals surface area (Å²) in [7, 11) is 0. The molecule has 3 rings (SSSR count). The lowest BCUT2D eigenvalue weighted by molar-refractivity contribution is -0.115. The lowest BCUT2D eigenvalue weighted by atomic mass is 10.3. The van der Waals surface area contributed by atoms with Crippen LogP contribution in [0.3, 0.4) is 0 Å². The summed E-state index contributed by atoms with van der Waals surface area (Å²) in [6, 6.07) is 9.65. The molecule has 0 saturated carbocycles. The molecule has 1 N–H and O–H groups in total. The maximum Gasteiger partial charge on any atom is 0.237 e. The molecule has 8 heteroatoms. The zero-order valence-electron chi connectivity index (χ0n) is 13.8. The summed E-state index contributed by atoms with van der Waals surface area (Å²) in [5.74, 6) is 0.451. The minimum atomic E-state index is -0.474. The number of hydrogen-bond acceptors (Lipinski definition) is 5. The van der Waals surface area contributed by atoms with Gasteiger partial charge in [0.2, 0.25) is 5.91 Å². The van der Waals surface area contributed by atoms with Gasteiger partial charge in [0.15, 0.2) is 16.7 Å². The largest absolute Gasteiger partial charge is 0.461 e. The summed E-state index contributed by atoms with van der Waals surface area (Å²) in [5.41, 5.74) is 0.160. The van der Waals surface area contributed by atoms with E-state index >= 15 is 0 Å². The number of nitrogens with zero attached hydrogens (tertiary/aromatic N) is 3. The molecule has 1 amide bonds. The Hall–Kier alpha value is -2.61. The molecule has 0 radical (unpaired) electrons. The number of hydrogen-bond donors (Lipinski definition) is 1. The fourth-order valence-corrected chi connectivity index (χ4v) is 3.17. The van der Waals surface area contributed by atoms with Crippen molar-refractivity contribution in [3.63, 3.8) is 0 Å². The zero-order valence-corrected chi connectivity index (χ0v) is 14.6. The SMILES string of the molecule is CCn1c(S[C@@H](C)C(=O)Nc2ccccc2F)nnc1-c1ccco1. The van der Waals surface area contributed by atoms with Gasteiger partial charge in [-0.1, -0.05) is 23.9 Å². The normalized spacial score (nSPS) is 12.1. The van der Waals surface area contributed by atoms with Crippen molar-refractivity contribution in [2.45, 2.75) is 30.8 Å². The topological polar surface area (TPSA) is 73.0 Å². The van der Waals surface area contributed by atoms with Crippen LogP contribution in [0.4, 0.5) is 10.1 Å². The summed E-state index contributed by atoms with van der Waals surface area (Å²) < 4.78 is 20.9. The highest BCUT2D eigenvalue weighted by molar-refractivity contribution is 8.00. The van der Waals surface area contributed by atoms with Gasteiger partial charge in [-0.25, -0.2) is 4.39 Å². The predicted octanol–water partition coefficient (Wildman–Crippen LogP) is 3.82. The van der Waals surface area contributed by atoms with Gasteiger partial charge in [-0.15, -0.1) is 10.2 Å². The first-order valence-corrected chi connectivity index (χ1v) is 8.67. The maximum atomic E-state index is 13.7. The molecule has 25 heavy (non-hydrogen) atoms. The summed E-state index contributed by atoms with van der Waals surface area (Å²) in [6.45, 7) is 4.33. The quantitative estimate of drug-likeness (QED) is 0.677. The standard InChI is InChI=1S/C17H17FN4O2S/c1-3-22-15(14-9-6-10-24-14)20-21-17(22)25-11(2)16(23)19-13-8-5-4-7-12(13)18/h4-11H,3H2,1-2H3,(H,19,23)/t11-/m0/s1. The summed E-state index contributed by atoms with van der Waals surface area (Å²) >= 11 is 1.26. The third-order valence-electron chi connectivity index (χ3n) is 3.56. The fraction of sp³-hybridized carbons (Fsp3) is 0.235. The fourth-order valence-electron chi connectivity index (χ4n) is 2.26. The third-order valence-corrected chi connectivity index (χ3v) is 4.64. The number of para-hydroxylation sites is 1. The number of carbonyl (C=O) groups is 1. The second-order valence-corrected chi connectivity index (χ2v) is 6.56. The molecule has 6 nitrogen and oxygen atoms in total. The number of thioether (sulfide) groups is 1. The van der Waals surface area contributed by atoms with Crippen molar-refractivity contribution in [1.82, 2.24) is 14.8 Å². The molecular formula is C17H17FN4O2S. The van der Waals surface area contributed by atoms with E-state index in [9.17, 15) is 9.18 Å². The Bertz CT molecular complexity index is 863. The van der Waals surface area contributed by atoms with Crippen molar-refractivity contribution in [2.24, 2.45) is 0 Å². The van der Waals surface area contributed by atoms with Crippen molar-refractivity contribution < 1.29 is 13.6 Å². The first kappa shape index (κ1) is 17.2. The van der Waals surface area contributed by atoms with E-state index < -0.39 is 11.1 Å². The van der Waals surface area contributed by atoms with Crippen LogP contribution < -0.4 is 5.32 Å². The van der Waals surface area contributed by atoms with E-state index in [1.807, 2.05) is 11.5 Å². The Morgan fingerprint density at radius 3 is 2.80 bits per heavy atom. The molecule has 1 aromatic carbocycles. The van der Waals surface area contributed by atoms with Gasteiger partial charge < -0.3 is 9.73 Å². The van der Waals surface area contributed by atoms with Crippen molar-refractivity contribution in [3.8, 4) is 11.6 Å². The van der Waals surface area contributed by atoms with Gasteiger partial charge in [-0.05, 0) is 38.1 Å². The number of furan rings is 1. The van der Waals surface area contributed by atoms with Crippen LogP contribution in [0.25, 0.3) is 11.6 Å². The molecular weight excluding hydrogens is 343 g/mol. The molecule has 0 aliphatic rings. The molecule has 130 valence electrons. The first-order chi connectivity index (χ1) is 12.1. The number of benzene rings is 1. The first-order valence-electron chi connectivity index (χ1n) is 7.79. The molecule has 0 fully saturated rings. The Morgan fingerprint density at radius 1 is 1.32 bits per heavy atom. The predicted molar refractivity (Wildman–Crippen MR) is 93.7 cm³/mol. The van der Waals surface area contributed by atoms with Crippen molar-refractivity contribution >= 4 is 23.4 Å². The van der Waals surface area contributed by atoms with Crippen LogP contribution in [-0.2, 0) is 11.3 Å². The van der Waals surface area contributed by atoms with Crippen LogP contribution in [0.2, 0.25) is 0 Å². The van der Waals surface area contributed by atoms with Gasteiger partial charge in [-0.2, -0.15) is 0 Å². The smallest absolute Gasteiger partial charge is 0.237 e. The molecule has 2 aromatic heterocycles. The summed E-state index contributed by atoms with van der Waals surface area (Å²) in [5, 5.41) is 11.0. The Morgan fingerprint density at radius 2 is 2.12 bits per heavy atom. The number of aromatic nitrogens is 3. The summed E-state index contributed by atoms with van der Waals surface area (Å²) in [6.07, 6.45) is 1.57. The van der Waals surface area contributed by atoms with E-state index in [2.05, 4.69) is 15.5 Å². The van der Waals surface area contributed by atoms with Crippen LogP contribution in [0.1, 0.15) is 13.8 Å². The number of nitrogens with one attached hydrogen (secondary N) is 1. The average Bonchev–Trinajstić information content (AvgIpc) is 3.25. The van der Waals surface area contributed by atoms with E-state index in [0.717, 1.165) is 0 Å². The van der Waals surface area contributed by atoms with Crippen LogP contribution in [0.5, 0.6) is 0 Å². The number of rotatable bonds is 6. The molecule has 0 saturated heterocycles. The van der Waals surface area contributed by atoms with Crippen molar-refractivity contribution in [2.75, 3.05) is 5.32 Å². The number of carbonyl (C=O) groups excluding carboxylic acids is 1. The second kappa shape index (κ2) is 7.52. The molecule has 2 heterocycles. The van der Waals surface area contributed by atoms with E-state index in [4.69, 9.17) is 4.42 Å². The van der Waals surface area contributed by atoms with Gasteiger partial charge in [0.05, 0.1) is 17.2 Å². The van der Waals surface area contributed by atoms with Crippen LogP contribution in [-0.4, -0.2) is 25.9 Å². The lowest BCUT2D eigenvalue weighted by Crippen LogP contribution is -2.23. The van der Waals surface area contributed by atoms with Crippen molar-refractivity contribution in [1.29, 1.82) is 0 Å². The minimum absolute atomic E-state index is 0.160. The molecule has 0 spiro atoms. The molecule has 0 aliphatic carbocycles. The lowest BCUT2D eigenvalue weighted by Gasteiger charge is -2.12. The molecule has 0 aliphatic heterocycles. The van der Waals surface area contributed by atoms with E-state index in [-0.39, 0.29) is 11.6 Å². The zero-order chi connectivity index (χ0) is 17.8. The maximum absolute atomic E-state index is 13.7. The van der Waals surface area contributed by atoms with Crippen LogP contribution >= 0.6 is 11.8 Å². The highest BCUT2D eigenvalue weighted by Gasteiger charge is 2.21. The molecule has 3 aromatic rings. The third kappa shape index (κ3) is 3.74. The van der Waals surface area contributed by atoms with Gasteiger partial charge in [-0.3, -0.25) is 9.36 Å². The van der Waals surface area contributed by atoms with E-state index in [1.54, 1.807) is 37.5 Å². The second-order valence-electron chi connectivity index (χ2n) is 5.26. The van der Waals surface area contributed by atoms with E-state index in [1.165, 1.54) is 23.9 Å². The van der Waals surface area contributed by atoms with Gasteiger partial charge in [0, 0.05) is 6.54 Å². The van der Waals surface area contributed by atoms with Crippen molar-refractivity contribution in [3.05, 3.63) is 48.5 Å². The Labute approximate surface area is 148 Å². The summed E-state index contributed by atoms with van der Waals surface area (Å²) in [4.78, 5) is 12.3. The number of anilines is 1. The molecule has 1 atom stereocenters.